The number of esters is 1. The first-order chi connectivity index (χ1) is 9.62. The topological polar surface area (TPSA) is 70.1 Å². The lowest BCUT2D eigenvalue weighted by Crippen LogP contribution is -2.10. The fourth-order valence-electron chi connectivity index (χ4n) is 2.17. The van der Waals surface area contributed by atoms with E-state index in [2.05, 4.69) is 23.4 Å². The summed E-state index contributed by atoms with van der Waals surface area (Å²) in [6.07, 6.45) is 1.70. The Kier molecular flexibility index (Phi) is 4.44. The quantitative estimate of drug-likeness (QED) is 0.860. The maximum Gasteiger partial charge on any atom is 0.360 e. The number of aromatic nitrogens is 2. The van der Waals surface area contributed by atoms with Crippen LogP contribution in [0.1, 0.15) is 40.6 Å². The Bertz CT molecular complexity index is 616. The van der Waals surface area contributed by atoms with Gasteiger partial charge in [0, 0.05) is 11.3 Å². The Morgan fingerprint density at radius 3 is 2.80 bits per heavy atom. The summed E-state index contributed by atoms with van der Waals surface area (Å²) >= 11 is 1.70. The highest BCUT2D eigenvalue weighted by Gasteiger charge is 2.21. The van der Waals surface area contributed by atoms with Crippen LogP contribution >= 0.6 is 11.3 Å². The van der Waals surface area contributed by atoms with Gasteiger partial charge >= 0.3 is 5.97 Å². The van der Waals surface area contributed by atoms with Crippen molar-refractivity contribution in [3.8, 4) is 0 Å². The zero-order valence-corrected chi connectivity index (χ0v) is 12.8. The molecule has 0 saturated carbocycles. The summed E-state index contributed by atoms with van der Waals surface area (Å²) in [6, 6.07) is 2.12. The maximum atomic E-state index is 11.7. The van der Waals surface area contributed by atoms with Gasteiger partial charge in [0.1, 0.15) is 11.6 Å². The van der Waals surface area contributed by atoms with Gasteiger partial charge in [-0.25, -0.2) is 9.78 Å². The van der Waals surface area contributed by atoms with E-state index < -0.39 is 5.97 Å². The van der Waals surface area contributed by atoms with Crippen molar-refractivity contribution in [2.75, 3.05) is 12.8 Å². The van der Waals surface area contributed by atoms with Crippen molar-refractivity contribution in [1.29, 1.82) is 0 Å². The average molecular weight is 293 g/mol. The summed E-state index contributed by atoms with van der Waals surface area (Å²) < 4.78 is 6.62. The number of anilines is 1. The van der Waals surface area contributed by atoms with Gasteiger partial charge in [0.2, 0.25) is 0 Å². The van der Waals surface area contributed by atoms with Crippen LogP contribution in [0.15, 0.2) is 11.4 Å². The summed E-state index contributed by atoms with van der Waals surface area (Å²) in [5.74, 6) is 0.695. The Labute approximate surface area is 122 Å². The third-order valence-corrected chi connectivity index (χ3v) is 4.25. The van der Waals surface area contributed by atoms with Crippen LogP contribution in [0.3, 0.4) is 0 Å². The zero-order chi connectivity index (χ0) is 14.7. The van der Waals surface area contributed by atoms with E-state index in [4.69, 9.17) is 10.5 Å². The van der Waals surface area contributed by atoms with E-state index in [1.54, 1.807) is 11.3 Å². The van der Waals surface area contributed by atoms with E-state index in [9.17, 15) is 4.79 Å². The van der Waals surface area contributed by atoms with E-state index in [1.165, 1.54) is 17.6 Å². The molecule has 0 amide bonds. The normalized spacial score (nSPS) is 10.8. The third-order valence-electron chi connectivity index (χ3n) is 3.30. The second kappa shape index (κ2) is 6.09. The molecule has 0 aliphatic carbocycles. The minimum Gasteiger partial charge on any atom is -0.464 e. The molecule has 0 aliphatic rings. The largest absolute Gasteiger partial charge is 0.464 e. The van der Waals surface area contributed by atoms with E-state index in [-0.39, 0.29) is 5.69 Å². The summed E-state index contributed by atoms with van der Waals surface area (Å²) in [5, 5.41) is 2.08. The van der Waals surface area contributed by atoms with Gasteiger partial charge < -0.3 is 15.0 Å². The van der Waals surface area contributed by atoms with Crippen LogP contribution in [0.25, 0.3) is 0 Å². The molecule has 20 heavy (non-hydrogen) atoms. The molecule has 0 atom stereocenters. The van der Waals surface area contributed by atoms with Gasteiger partial charge in [-0.2, -0.15) is 0 Å². The molecule has 2 aromatic rings. The highest BCUT2D eigenvalue weighted by atomic mass is 32.1. The van der Waals surface area contributed by atoms with Gasteiger partial charge in [-0.1, -0.05) is 13.8 Å². The van der Waals surface area contributed by atoms with Crippen LogP contribution in [0.2, 0.25) is 0 Å². The van der Waals surface area contributed by atoms with Crippen molar-refractivity contribution >= 4 is 23.1 Å². The predicted molar refractivity (Wildman–Crippen MR) is 80.2 cm³/mol. The molecule has 0 saturated heterocycles. The molecular weight excluding hydrogens is 274 g/mol. The molecule has 0 aromatic carbocycles. The average Bonchev–Trinajstić information content (AvgIpc) is 3.04. The van der Waals surface area contributed by atoms with Crippen LogP contribution < -0.4 is 5.73 Å². The van der Waals surface area contributed by atoms with Crippen LogP contribution in [0.5, 0.6) is 0 Å². The molecule has 0 unspecified atom stereocenters. The van der Waals surface area contributed by atoms with Gasteiger partial charge in [-0.15, -0.1) is 11.3 Å². The first kappa shape index (κ1) is 14.6. The summed E-state index contributed by atoms with van der Waals surface area (Å²) in [5.41, 5.74) is 7.59. The predicted octanol–water partition coefficient (Wildman–Crippen LogP) is 2.49. The van der Waals surface area contributed by atoms with E-state index >= 15 is 0 Å². The Balaban J connectivity index is 2.40. The lowest BCUT2D eigenvalue weighted by atomic mass is 10.2. The van der Waals surface area contributed by atoms with Crippen molar-refractivity contribution in [2.45, 2.75) is 33.2 Å². The SMILES string of the molecule is CCc1ccsc1Cn1c(CC)nc(C(=O)OC)c1N. The third kappa shape index (κ3) is 2.56. The van der Waals surface area contributed by atoms with Gasteiger partial charge in [-0.3, -0.25) is 0 Å². The molecule has 2 aromatic heterocycles. The number of hydrogen-bond donors (Lipinski definition) is 1. The molecule has 0 bridgehead atoms. The number of carbonyl (C=O) groups excluding carboxylic acids is 1. The first-order valence-electron chi connectivity index (χ1n) is 6.60. The van der Waals surface area contributed by atoms with Gasteiger partial charge in [0.05, 0.1) is 13.7 Å². The fraction of sp³-hybridized carbons (Fsp3) is 0.429. The highest BCUT2D eigenvalue weighted by Crippen LogP contribution is 2.23. The molecule has 2 heterocycles. The monoisotopic (exact) mass is 293 g/mol. The minimum absolute atomic E-state index is 0.207. The number of methoxy groups -OCH3 is 1. The second-order valence-corrected chi connectivity index (χ2v) is 5.42. The Morgan fingerprint density at radius 2 is 2.20 bits per heavy atom. The number of nitrogens with zero attached hydrogens (tertiary/aromatic N) is 2. The van der Waals surface area contributed by atoms with Crippen molar-refractivity contribution in [2.24, 2.45) is 0 Å². The second-order valence-electron chi connectivity index (χ2n) is 4.42. The van der Waals surface area contributed by atoms with E-state index in [0.29, 0.717) is 18.8 Å². The molecule has 0 radical (unpaired) electrons. The molecular formula is C14H19N3O2S. The number of rotatable bonds is 5. The number of aryl methyl sites for hydroxylation is 2. The van der Waals surface area contributed by atoms with Gasteiger partial charge in [0.25, 0.3) is 0 Å². The number of thiophene rings is 1. The lowest BCUT2D eigenvalue weighted by molar-refractivity contribution is 0.0595. The van der Waals surface area contributed by atoms with Gasteiger partial charge in [-0.05, 0) is 23.4 Å². The smallest absolute Gasteiger partial charge is 0.360 e. The van der Waals surface area contributed by atoms with Crippen LogP contribution in [0.4, 0.5) is 5.82 Å². The molecule has 108 valence electrons. The highest BCUT2D eigenvalue weighted by molar-refractivity contribution is 7.10. The van der Waals surface area contributed by atoms with Crippen LogP contribution in [-0.2, 0) is 24.1 Å². The first-order valence-corrected chi connectivity index (χ1v) is 7.48. The van der Waals surface area contributed by atoms with Crippen LogP contribution in [-0.4, -0.2) is 22.6 Å². The van der Waals surface area contributed by atoms with Crippen molar-refractivity contribution in [3.05, 3.63) is 33.4 Å². The molecule has 0 aliphatic heterocycles. The van der Waals surface area contributed by atoms with E-state index in [1.807, 2.05) is 11.5 Å². The van der Waals surface area contributed by atoms with Crippen molar-refractivity contribution in [1.82, 2.24) is 9.55 Å². The maximum absolute atomic E-state index is 11.7. The molecule has 2 N–H and O–H groups in total. The number of carbonyl (C=O) groups is 1. The summed E-state index contributed by atoms with van der Waals surface area (Å²) in [7, 11) is 1.33. The van der Waals surface area contributed by atoms with Crippen molar-refractivity contribution in [3.63, 3.8) is 0 Å². The minimum atomic E-state index is -0.488. The number of nitrogens with two attached hydrogens (primary N) is 1. The van der Waals surface area contributed by atoms with Crippen molar-refractivity contribution < 1.29 is 9.53 Å². The fourth-order valence-corrected chi connectivity index (χ4v) is 3.14. The molecule has 0 spiro atoms. The number of ether oxygens (including phenoxy) is 1. The van der Waals surface area contributed by atoms with Gasteiger partial charge in [0.15, 0.2) is 5.69 Å². The zero-order valence-electron chi connectivity index (χ0n) is 12.0. The Morgan fingerprint density at radius 1 is 1.45 bits per heavy atom. The number of hydrogen-bond acceptors (Lipinski definition) is 5. The summed E-state index contributed by atoms with van der Waals surface area (Å²) in [4.78, 5) is 17.2. The van der Waals surface area contributed by atoms with E-state index in [0.717, 1.165) is 12.2 Å². The lowest BCUT2D eigenvalue weighted by Gasteiger charge is -2.09. The molecule has 6 heteroatoms. The number of imidazole rings is 1. The standard InChI is InChI=1S/C14H19N3O2S/c1-4-9-6-7-20-10(9)8-17-11(5-2)16-12(13(17)15)14(18)19-3/h6-7H,4-5,8,15H2,1-3H3. The molecule has 5 nitrogen and oxygen atoms in total. The molecule has 2 rings (SSSR count). The number of nitrogen functional groups attached to an aromatic ring is 1. The van der Waals surface area contributed by atoms with Crippen LogP contribution in [0, 0.1) is 0 Å². The Hall–Kier alpha value is -1.82. The summed E-state index contributed by atoms with van der Waals surface area (Å²) in [6.45, 7) is 4.78. The molecule has 0 fully saturated rings.